The van der Waals surface area contributed by atoms with Crippen LogP contribution in [0.5, 0.6) is 0 Å². The molecule has 0 aliphatic heterocycles. The van der Waals surface area contributed by atoms with Crippen LogP contribution in [0.1, 0.15) is 27.3 Å². The van der Waals surface area contributed by atoms with Crippen molar-refractivity contribution in [2.45, 2.75) is 20.3 Å². The van der Waals surface area contributed by atoms with E-state index < -0.39 is 5.97 Å². The molecule has 1 aromatic rings. The number of carbonyl (C=O) groups is 1. The molecule has 1 rings (SSSR count). The van der Waals surface area contributed by atoms with Crippen LogP contribution in [0.4, 0.5) is 0 Å². The molecular formula is C10H15NO3. The summed E-state index contributed by atoms with van der Waals surface area (Å²) in [4.78, 5) is 13.9. The third kappa shape index (κ3) is 1.96. The summed E-state index contributed by atoms with van der Waals surface area (Å²) >= 11 is 0. The number of nitrogens with one attached hydrogen (secondary N) is 1. The lowest BCUT2D eigenvalue weighted by Crippen LogP contribution is -2.00. The third-order valence-corrected chi connectivity index (χ3v) is 2.31. The number of aromatic amines is 1. The molecule has 0 unspecified atom stereocenters. The first-order valence-corrected chi connectivity index (χ1v) is 4.48. The minimum absolute atomic E-state index is 0.385. The van der Waals surface area contributed by atoms with Gasteiger partial charge in [-0.2, -0.15) is 0 Å². The van der Waals surface area contributed by atoms with E-state index in [1.165, 1.54) is 0 Å². The molecule has 4 nitrogen and oxygen atoms in total. The van der Waals surface area contributed by atoms with E-state index in [4.69, 9.17) is 9.84 Å². The Kier molecular flexibility index (Phi) is 3.30. The number of hydrogen-bond donors (Lipinski definition) is 2. The number of carboxylic acid groups (broad SMARTS) is 1. The molecule has 0 aromatic carbocycles. The van der Waals surface area contributed by atoms with Crippen molar-refractivity contribution in [1.29, 1.82) is 0 Å². The lowest BCUT2D eigenvalue weighted by molar-refractivity contribution is 0.0695. The summed E-state index contributed by atoms with van der Waals surface area (Å²) in [5.41, 5.74) is 2.85. The fourth-order valence-electron chi connectivity index (χ4n) is 1.59. The number of hydrogen-bond acceptors (Lipinski definition) is 2. The Morgan fingerprint density at radius 1 is 1.50 bits per heavy atom. The maximum absolute atomic E-state index is 10.9. The molecule has 0 amide bonds. The van der Waals surface area contributed by atoms with Gasteiger partial charge in [0.2, 0.25) is 0 Å². The second kappa shape index (κ2) is 4.28. The van der Waals surface area contributed by atoms with Crippen LogP contribution in [0.25, 0.3) is 0 Å². The van der Waals surface area contributed by atoms with Gasteiger partial charge in [-0.15, -0.1) is 0 Å². The van der Waals surface area contributed by atoms with Crippen LogP contribution in [-0.4, -0.2) is 29.8 Å². The van der Waals surface area contributed by atoms with Gasteiger partial charge < -0.3 is 14.8 Å². The monoisotopic (exact) mass is 197 g/mol. The van der Waals surface area contributed by atoms with E-state index in [2.05, 4.69) is 4.98 Å². The number of aromatic carboxylic acids is 1. The Bertz CT molecular complexity index is 341. The summed E-state index contributed by atoms with van der Waals surface area (Å²) in [5, 5.41) is 8.93. The SMILES string of the molecule is COCCc1[nH]c(C)c(C(=O)O)c1C. The summed E-state index contributed by atoms with van der Waals surface area (Å²) < 4.78 is 4.94. The summed E-state index contributed by atoms with van der Waals surface area (Å²) in [5.74, 6) is -0.875. The van der Waals surface area contributed by atoms with Gasteiger partial charge in [0.25, 0.3) is 0 Å². The van der Waals surface area contributed by atoms with E-state index in [1.807, 2.05) is 6.92 Å². The third-order valence-electron chi connectivity index (χ3n) is 2.31. The Morgan fingerprint density at radius 3 is 2.57 bits per heavy atom. The molecule has 0 saturated carbocycles. The van der Waals surface area contributed by atoms with E-state index in [-0.39, 0.29) is 0 Å². The van der Waals surface area contributed by atoms with Crippen LogP contribution in [0.3, 0.4) is 0 Å². The summed E-state index contributed by atoms with van der Waals surface area (Å²) in [6.45, 7) is 4.19. The topological polar surface area (TPSA) is 62.3 Å². The predicted molar refractivity (Wildman–Crippen MR) is 52.8 cm³/mol. The van der Waals surface area contributed by atoms with Crippen LogP contribution in [0, 0.1) is 13.8 Å². The van der Waals surface area contributed by atoms with Crippen molar-refractivity contribution in [1.82, 2.24) is 4.98 Å². The second-order valence-corrected chi connectivity index (χ2v) is 3.28. The first-order valence-electron chi connectivity index (χ1n) is 4.48. The van der Waals surface area contributed by atoms with Crippen molar-refractivity contribution in [3.05, 3.63) is 22.5 Å². The largest absolute Gasteiger partial charge is 0.478 e. The maximum atomic E-state index is 10.9. The number of carboxylic acids is 1. The van der Waals surface area contributed by atoms with Crippen molar-refractivity contribution >= 4 is 5.97 Å². The lowest BCUT2D eigenvalue weighted by atomic mass is 10.1. The molecule has 1 aromatic heterocycles. The van der Waals surface area contributed by atoms with Gasteiger partial charge in [-0.3, -0.25) is 0 Å². The second-order valence-electron chi connectivity index (χ2n) is 3.28. The zero-order valence-electron chi connectivity index (χ0n) is 8.68. The van der Waals surface area contributed by atoms with Gasteiger partial charge in [0.05, 0.1) is 12.2 Å². The van der Waals surface area contributed by atoms with E-state index >= 15 is 0 Å². The molecule has 0 aliphatic carbocycles. The molecule has 0 atom stereocenters. The Hall–Kier alpha value is -1.29. The average molecular weight is 197 g/mol. The minimum Gasteiger partial charge on any atom is -0.478 e. The predicted octanol–water partition coefficient (Wildman–Crippen LogP) is 1.52. The summed E-state index contributed by atoms with van der Waals surface area (Å²) in [7, 11) is 1.63. The fourth-order valence-corrected chi connectivity index (χ4v) is 1.59. The van der Waals surface area contributed by atoms with Crippen molar-refractivity contribution in [2.75, 3.05) is 13.7 Å². The standard InChI is InChI=1S/C10H15NO3/c1-6-8(4-5-14-3)11-7(2)9(6)10(12)13/h11H,4-5H2,1-3H3,(H,12,13). The smallest absolute Gasteiger partial charge is 0.337 e. The number of methoxy groups -OCH3 is 1. The summed E-state index contributed by atoms with van der Waals surface area (Å²) in [6.07, 6.45) is 0.719. The number of aryl methyl sites for hydroxylation is 1. The lowest BCUT2D eigenvalue weighted by Gasteiger charge is -1.98. The summed E-state index contributed by atoms with van der Waals surface area (Å²) in [6, 6.07) is 0. The Balaban J connectivity index is 2.98. The molecule has 4 heteroatoms. The van der Waals surface area contributed by atoms with Crippen LogP contribution < -0.4 is 0 Å². The molecule has 0 bridgehead atoms. The van der Waals surface area contributed by atoms with Gasteiger partial charge in [-0.05, 0) is 19.4 Å². The Morgan fingerprint density at radius 2 is 2.14 bits per heavy atom. The maximum Gasteiger partial charge on any atom is 0.337 e. The molecule has 2 N–H and O–H groups in total. The van der Waals surface area contributed by atoms with Gasteiger partial charge in [-0.25, -0.2) is 4.79 Å². The molecular weight excluding hydrogens is 182 g/mol. The van der Waals surface area contributed by atoms with Gasteiger partial charge in [0.1, 0.15) is 0 Å². The number of aromatic nitrogens is 1. The van der Waals surface area contributed by atoms with Crippen molar-refractivity contribution < 1.29 is 14.6 Å². The van der Waals surface area contributed by atoms with Crippen molar-refractivity contribution in [2.24, 2.45) is 0 Å². The highest BCUT2D eigenvalue weighted by atomic mass is 16.5. The number of H-pyrrole nitrogens is 1. The molecule has 0 spiro atoms. The van der Waals surface area contributed by atoms with Crippen LogP contribution >= 0.6 is 0 Å². The highest BCUT2D eigenvalue weighted by Crippen LogP contribution is 2.18. The van der Waals surface area contributed by atoms with Crippen molar-refractivity contribution in [3.8, 4) is 0 Å². The molecule has 0 fully saturated rings. The highest BCUT2D eigenvalue weighted by Gasteiger charge is 2.16. The number of ether oxygens (including phenoxy) is 1. The van der Waals surface area contributed by atoms with Crippen LogP contribution in [-0.2, 0) is 11.2 Å². The molecule has 1 heterocycles. The van der Waals surface area contributed by atoms with E-state index in [0.717, 1.165) is 17.7 Å². The van der Waals surface area contributed by atoms with Gasteiger partial charge in [-0.1, -0.05) is 0 Å². The Labute approximate surface area is 82.9 Å². The zero-order chi connectivity index (χ0) is 10.7. The van der Waals surface area contributed by atoms with E-state index in [9.17, 15) is 4.79 Å². The van der Waals surface area contributed by atoms with Crippen molar-refractivity contribution in [3.63, 3.8) is 0 Å². The first kappa shape index (κ1) is 10.8. The normalized spacial score (nSPS) is 10.5. The quantitative estimate of drug-likeness (QED) is 0.769. The molecule has 0 radical (unpaired) electrons. The first-order chi connectivity index (χ1) is 6.57. The van der Waals surface area contributed by atoms with Gasteiger partial charge in [0.15, 0.2) is 0 Å². The molecule has 0 saturated heterocycles. The fraction of sp³-hybridized carbons (Fsp3) is 0.500. The zero-order valence-corrected chi connectivity index (χ0v) is 8.68. The molecule has 14 heavy (non-hydrogen) atoms. The van der Waals surface area contributed by atoms with Gasteiger partial charge in [0, 0.05) is 24.9 Å². The minimum atomic E-state index is -0.875. The van der Waals surface area contributed by atoms with E-state index in [1.54, 1.807) is 14.0 Å². The van der Waals surface area contributed by atoms with E-state index in [0.29, 0.717) is 17.9 Å². The average Bonchev–Trinajstić information content (AvgIpc) is 2.38. The molecule has 0 aliphatic rings. The van der Waals surface area contributed by atoms with Crippen LogP contribution in [0.2, 0.25) is 0 Å². The van der Waals surface area contributed by atoms with Crippen LogP contribution in [0.15, 0.2) is 0 Å². The number of rotatable bonds is 4. The van der Waals surface area contributed by atoms with Gasteiger partial charge >= 0.3 is 5.97 Å². The highest BCUT2D eigenvalue weighted by molar-refractivity contribution is 5.91. The molecule has 78 valence electrons.